The van der Waals surface area contributed by atoms with Gasteiger partial charge in [0, 0.05) is 16.4 Å². The van der Waals surface area contributed by atoms with E-state index < -0.39 is 0 Å². The Morgan fingerprint density at radius 1 is 1.44 bits per heavy atom. The molecule has 2 rings (SSSR count). The Labute approximate surface area is 121 Å². The van der Waals surface area contributed by atoms with Gasteiger partial charge in [0.15, 0.2) is 0 Å². The summed E-state index contributed by atoms with van der Waals surface area (Å²) < 4.78 is 13.2. The highest BCUT2D eigenvalue weighted by Gasteiger charge is 2.22. The van der Waals surface area contributed by atoms with Gasteiger partial charge in [-0.25, -0.2) is 4.39 Å². The number of piperidine rings is 1. The molecular formula is C14H18BrClFN. The van der Waals surface area contributed by atoms with Gasteiger partial charge >= 0.3 is 0 Å². The highest BCUT2D eigenvalue weighted by atomic mass is 79.9. The van der Waals surface area contributed by atoms with Crippen LogP contribution in [0.25, 0.3) is 0 Å². The predicted octanol–water partition coefficient (Wildman–Crippen LogP) is 4.47. The molecule has 1 aliphatic rings. The van der Waals surface area contributed by atoms with Gasteiger partial charge in [-0.3, -0.25) is 4.90 Å². The molecule has 1 saturated heterocycles. The summed E-state index contributed by atoms with van der Waals surface area (Å²) in [5.74, 6) is 0.544. The molecular weight excluding hydrogens is 317 g/mol. The molecule has 1 atom stereocenters. The first-order chi connectivity index (χ1) is 8.56. The van der Waals surface area contributed by atoms with Crippen LogP contribution in [0.2, 0.25) is 5.02 Å². The summed E-state index contributed by atoms with van der Waals surface area (Å²) in [6, 6.07) is 4.59. The van der Waals surface area contributed by atoms with E-state index in [1.807, 2.05) is 0 Å². The minimum Gasteiger partial charge on any atom is -0.299 e. The molecule has 1 aromatic rings. The van der Waals surface area contributed by atoms with E-state index in [0.29, 0.717) is 9.85 Å². The Bertz CT molecular complexity index is 403. The number of nitrogens with zero attached hydrogens (tertiary/aromatic N) is 1. The molecule has 0 bridgehead atoms. The molecule has 1 unspecified atom stereocenters. The SMILES string of the molecule is CC(Br)C1CCN(Cc2cc(F)ccc2Cl)CC1. The van der Waals surface area contributed by atoms with Crippen molar-refractivity contribution in [3.63, 3.8) is 0 Å². The van der Waals surface area contributed by atoms with Crippen molar-refractivity contribution < 1.29 is 4.39 Å². The average molecular weight is 335 g/mol. The van der Waals surface area contributed by atoms with Crippen molar-refractivity contribution in [2.24, 2.45) is 5.92 Å². The second kappa shape index (κ2) is 6.36. The lowest BCUT2D eigenvalue weighted by Crippen LogP contribution is -2.35. The molecule has 0 aliphatic carbocycles. The predicted molar refractivity (Wildman–Crippen MR) is 77.8 cm³/mol. The van der Waals surface area contributed by atoms with Crippen LogP contribution in [-0.2, 0) is 6.54 Å². The molecule has 0 N–H and O–H groups in total. The van der Waals surface area contributed by atoms with Crippen molar-refractivity contribution in [3.8, 4) is 0 Å². The maximum atomic E-state index is 13.2. The first-order valence-corrected chi connectivity index (χ1v) is 7.66. The Morgan fingerprint density at radius 3 is 2.72 bits per heavy atom. The number of likely N-dealkylation sites (tertiary alicyclic amines) is 1. The standard InChI is InChI=1S/C14H18BrClFN/c1-10(15)11-4-6-18(7-5-11)9-12-8-13(17)2-3-14(12)16/h2-3,8,10-11H,4-7,9H2,1H3. The number of rotatable bonds is 3. The van der Waals surface area contributed by atoms with Crippen LogP contribution in [0.15, 0.2) is 18.2 Å². The highest BCUT2D eigenvalue weighted by Crippen LogP contribution is 2.27. The zero-order chi connectivity index (χ0) is 13.1. The van der Waals surface area contributed by atoms with Crippen molar-refractivity contribution in [2.45, 2.75) is 31.1 Å². The Balaban J connectivity index is 1.93. The highest BCUT2D eigenvalue weighted by molar-refractivity contribution is 9.09. The third-order valence-corrected chi connectivity index (χ3v) is 4.80. The Kier molecular flexibility index (Phi) is 5.05. The lowest BCUT2D eigenvalue weighted by molar-refractivity contribution is 0.178. The zero-order valence-electron chi connectivity index (χ0n) is 10.5. The second-order valence-corrected chi connectivity index (χ2v) is 6.88. The summed E-state index contributed by atoms with van der Waals surface area (Å²) in [5.41, 5.74) is 0.891. The Hall–Kier alpha value is -0.120. The molecule has 1 heterocycles. The molecule has 0 saturated carbocycles. The van der Waals surface area contributed by atoms with Crippen LogP contribution in [0.3, 0.4) is 0 Å². The summed E-state index contributed by atoms with van der Waals surface area (Å²) in [6.45, 7) is 5.09. The fraction of sp³-hybridized carbons (Fsp3) is 0.571. The van der Waals surface area contributed by atoms with Gasteiger partial charge in [-0.1, -0.05) is 34.5 Å². The molecule has 1 aliphatic heterocycles. The van der Waals surface area contributed by atoms with Crippen molar-refractivity contribution in [2.75, 3.05) is 13.1 Å². The average Bonchev–Trinajstić information content (AvgIpc) is 2.34. The lowest BCUT2D eigenvalue weighted by Gasteiger charge is -2.33. The zero-order valence-corrected chi connectivity index (χ0v) is 12.8. The smallest absolute Gasteiger partial charge is 0.123 e. The van der Waals surface area contributed by atoms with Crippen LogP contribution in [0.1, 0.15) is 25.3 Å². The monoisotopic (exact) mass is 333 g/mol. The molecule has 0 radical (unpaired) electrons. The van der Waals surface area contributed by atoms with Gasteiger partial charge < -0.3 is 0 Å². The molecule has 18 heavy (non-hydrogen) atoms. The minimum atomic E-state index is -0.210. The van der Waals surface area contributed by atoms with Gasteiger partial charge in [0.05, 0.1) is 0 Å². The lowest BCUT2D eigenvalue weighted by atomic mass is 9.94. The van der Waals surface area contributed by atoms with E-state index in [2.05, 4.69) is 27.8 Å². The number of halogens is 3. The normalized spacial score (nSPS) is 20.0. The molecule has 4 heteroatoms. The fourth-order valence-electron chi connectivity index (χ4n) is 2.48. The van der Waals surface area contributed by atoms with Crippen LogP contribution in [0, 0.1) is 11.7 Å². The maximum Gasteiger partial charge on any atom is 0.123 e. The fourth-order valence-corrected chi connectivity index (χ4v) is 3.18. The van der Waals surface area contributed by atoms with Gasteiger partial charge in [0.25, 0.3) is 0 Å². The van der Waals surface area contributed by atoms with E-state index in [-0.39, 0.29) is 5.82 Å². The third kappa shape index (κ3) is 3.69. The number of alkyl halides is 1. The maximum absolute atomic E-state index is 13.2. The van der Waals surface area contributed by atoms with E-state index in [1.165, 1.54) is 18.9 Å². The van der Waals surface area contributed by atoms with Crippen LogP contribution < -0.4 is 0 Å². The molecule has 1 nitrogen and oxygen atoms in total. The van der Waals surface area contributed by atoms with Crippen LogP contribution >= 0.6 is 27.5 Å². The summed E-state index contributed by atoms with van der Waals surface area (Å²) in [5, 5.41) is 0.660. The van der Waals surface area contributed by atoms with Crippen molar-refractivity contribution in [3.05, 3.63) is 34.6 Å². The topological polar surface area (TPSA) is 3.24 Å². The van der Waals surface area contributed by atoms with Crippen LogP contribution in [0.5, 0.6) is 0 Å². The van der Waals surface area contributed by atoms with Gasteiger partial charge in [-0.05, 0) is 55.6 Å². The van der Waals surface area contributed by atoms with Crippen molar-refractivity contribution in [1.82, 2.24) is 4.90 Å². The van der Waals surface area contributed by atoms with Gasteiger partial charge in [-0.15, -0.1) is 0 Å². The van der Waals surface area contributed by atoms with Crippen LogP contribution in [0.4, 0.5) is 4.39 Å². The number of benzene rings is 1. The summed E-state index contributed by atoms with van der Waals surface area (Å²) in [6.07, 6.45) is 2.39. The van der Waals surface area contributed by atoms with Crippen molar-refractivity contribution in [1.29, 1.82) is 0 Å². The first kappa shape index (κ1) is 14.3. The van der Waals surface area contributed by atoms with E-state index in [0.717, 1.165) is 31.1 Å². The van der Waals surface area contributed by atoms with E-state index in [1.54, 1.807) is 12.1 Å². The molecule has 1 aromatic carbocycles. The number of hydrogen-bond acceptors (Lipinski definition) is 1. The molecule has 1 fully saturated rings. The van der Waals surface area contributed by atoms with E-state index in [4.69, 9.17) is 11.6 Å². The molecule has 100 valence electrons. The minimum absolute atomic E-state index is 0.210. The van der Waals surface area contributed by atoms with Crippen molar-refractivity contribution >= 4 is 27.5 Å². The van der Waals surface area contributed by atoms with Gasteiger partial charge in [-0.2, -0.15) is 0 Å². The largest absolute Gasteiger partial charge is 0.299 e. The molecule has 0 spiro atoms. The van der Waals surface area contributed by atoms with Gasteiger partial charge in [0.1, 0.15) is 5.82 Å². The molecule has 0 amide bonds. The third-order valence-electron chi connectivity index (χ3n) is 3.68. The summed E-state index contributed by atoms with van der Waals surface area (Å²) >= 11 is 9.75. The summed E-state index contributed by atoms with van der Waals surface area (Å²) in [4.78, 5) is 2.93. The van der Waals surface area contributed by atoms with Gasteiger partial charge in [0.2, 0.25) is 0 Å². The summed E-state index contributed by atoms with van der Waals surface area (Å²) in [7, 11) is 0. The van der Waals surface area contributed by atoms with E-state index >= 15 is 0 Å². The Morgan fingerprint density at radius 2 is 2.11 bits per heavy atom. The first-order valence-electron chi connectivity index (χ1n) is 6.36. The quantitative estimate of drug-likeness (QED) is 0.737. The molecule has 0 aromatic heterocycles. The number of hydrogen-bond donors (Lipinski definition) is 0. The van der Waals surface area contributed by atoms with E-state index in [9.17, 15) is 4.39 Å². The second-order valence-electron chi connectivity index (χ2n) is 5.03. The van der Waals surface area contributed by atoms with Crippen LogP contribution in [-0.4, -0.2) is 22.8 Å².